The van der Waals surface area contributed by atoms with Gasteiger partial charge in [0.05, 0.1) is 63.6 Å². The summed E-state index contributed by atoms with van der Waals surface area (Å²) in [6, 6.07) is 0. The molecule has 128 valence electrons. The monoisotopic (exact) mass is 308 g/mol. The van der Waals surface area contributed by atoms with E-state index in [4.69, 9.17) is 29.2 Å². The molecule has 5 atom stereocenters. The molecule has 0 aromatic heterocycles. The van der Waals surface area contributed by atoms with E-state index in [1.807, 2.05) is 27.7 Å². The highest BCUT2D eigenvalue weighted by Gasteiger charge is 2.11. The Morgan fingerprint density at radius 1 is 0.619 bits per heavy atom. The molecule has 0 aromatic rings. The highest BCUT2D eigenvalue weighted by molar-refractivity contribution is 4.56. The molecule has 0 saturated heterocycles. The van der Waals surface area contributed by atoms with Gasteiger partial charge in [0.2, 0.25) is 0 Å². The molecule has 0 amide bonds. The predicted molar refractivity (Wildman–Crippen MR) is 80.4 cm³/mol. The summed E-state index contributed by atoms with van der Waals surface area (Å²) in [5.74, 6) is 0. The molecule has 0 fully saturated rings. The average molecular weight is 308 g/mol. The zero-order valence-corrected chi connectivity index (χ0v) is 13.9. The fourth-order valence-electron chi connectivity index (χ4n) is 1.40. The molecule has 0 spiro atoms. The normalized spacial score (nSPS) is 19.0. The maximum absolute atomic E-state index is 9.12. The van der Waals surface area contributed by atoms with E-state index in [9.17, 15) is 0 Å². The van der Waals surface area contributed by atoms with Gasteiger partial charge in [-0.3, -0.25) is 0 Å². The second kappa shape index (κ2) is 12.3. The van der Waals surface area contributed by atoms with Crippen molar-refractivity contribution in [2.75, 3.05) is 33.0 Å². The van der Waals surface area contributed by atoms with Gasteiger partial charge in [-0.1, -0.05) is 0 Å². The number of ether oxygens (including phenoxy) is 4. The summed E-state index contributed by atoms with van der Waals surface area (Å²) in [7, 11) is 0. The van der Waals surface area contributed by atoms with Gasteiger partial charge in [0.15, 0.2) is 0 Å². The van der Waals surface area contributed by atoms with Crippen LogP contribution in [-0.2, 0) is 18.9 Å². The fourth-order valence-corrected chi connectivity index (χ4v) is 1.40. The summed E-state index contributed by atoms with van der Waals surface area (Å²) in [6.07, 6.45) is -0.783. The Balaban J connectivity index is 3.62. The largest absolute Gasteiger partial charge is 0.394 e. The van der Waals surface area contributed by atoms with Crippen molar-refractivity contribution in [2.24, 2.45) is 0 Å². The molecule has 0 unspecified atom stereocenters. The lowest BCUT2D eigenvalue weighted by Gasteiger charge is -2.21. The van der Waals surface area contributed by atoms with Crippen LogP contribution >= 0.6 is 0 Å². The van der Waals surface area contributed by atoms with Gasteiger partial charge in [-0.2, -0.15) is 0 Å². The van der Waals surface area contributed by atoms with Crippen LogP contribution in [0.2, 0.25) is 0 Å². The molecule has 6 heteroatoms. The minimum Gasteiger partial charge on any atom is -0.394 e. The molecule has 0 heterocycles. The summed E-state index contributed by atoms with van der Waals surface area (Å²) in [6.45, 7) is 11.0. The fraction of sp³-hybridized carbons (Fsp3) is 1.00. The molecule has 0 radical (unpaired) electrons. The van der Waals surface area contributed by atoms with Gasteiger partial charge >= 0.3 is 0 Å². The van der Waals surface area contributed by atoms with E-state index >= 15 is 0 Å². The van der Waals surface area contributed by atoms with Crippen LogP contribution < -0.4 is 0 Å². The maximum atomic E-state index is 9.12. The van der Waals surface area contributed by atoms with Crippen molar-refractivity contribution < 1.29 is 29.2 Å². The molecule has 0 rings (SSSR count). The molecular weight excluding hydrogens is 276 g/mol. The van der Waals surface area contributed by atoms with Crippen molar-refractivity contribution in [1.29, 1.82) is 0 Å². The minimum absolute atomic E-state index is 0.0105. The van der Waals surface area contributed by atoms with Crippen molar-refractivity contribution in [3.8, 4) is 0 Å². The molecule has 0 aliphatic carbocycles. The molecular formula is C15H32O6. The first-order valence-corrected chi connectivity index (χ1v) is 7.60. The van der Waals surface area contributed by atoms with E-state index in [1.54, 1.807) is 6.92 Å². The Bertz CT molecular complexity index is 236. The van der Waals surface area contributed by atoms with Gasteiger partial charge in [0.1, 0.15) is 0 Å². The lowest BCUT2D eigenvalue weighted by atomic mass is 10.3. The van der Waals surface area contributed by atoms with E-state index in [1.165, 1.54) is 0 Å². The highest BCUT2D eigenvalue weighted by Crippen LogP contribution is 2.02. The van der Waals surface area contributed by atoms with Gasteiger partial charge in [-0.25, -0.2) is 0 Å². The summed E-state index contributed by atoms with van der Waals surface area (Å²) >= 11 is 0. The lowest BCUT2D eigenvalue weighted by molar-refractivity contribution is -0.0936. The van der Waals surface area contributed by atoms with Crippen molar-refractivity contribution in [1.82, 2.24) is 0 Å². The van der Waals surface area contributed by atoms with Crippen LogP contribution in [-0.4, -0.2) is 73.8 Å². The zero-order valence-electron chi connectivity index (χ0n) is 13.9. The van der Waals surface area contributed by atoms with E-state index in [0.717, 1.165) is 0 Å². The minimum atomic E-state index is -0.463. The maximum Gasteiger partial charge on any atom is 0.0781 e. The van der Waals surface area contributed by atoms with E-state index in [0.29, 0.717) is 26.4 Å². The number of aliphatic hydroxyl groups excluding tert-OH is 2. The first kappa shape index (κ1) is 20.8. The van der Waals surface area contributed by atoms with Crippen LogP contribution in [0.15, 0.2) is 0 Å². The van der Waals surface area contributed by atoms with E-state index < -0.39 is 6.10 Å². The average Bonchev–Trinajstić information content (AvgIpc) is 2.45. The van der Waals surface area contributed by atoms with Crippen LogP contribution in [0, 0.1) is 0 Å². The first-order chi connectivity index (χ1) is 9.85. The van der Waals surface area contributed by atoms with E-state index in [-0.39, 0.29) is 31.0 Å². The Hall–Kier alpha value is -0.240. The Labute approximate surface area is 128 Å². The highest BCUT2D eigenvalue weighted by atomic mass is 16.6. The van der Waals surface area contributed by atoms with Gasteiger partial charge in [-0.15, -0.1) is 0 Å². The number of aliphatic hydroxyl groups is 2. The predicted octanol–water partition coefficient (Wildman–Crippen LogP) is 0.980. The van der Waals surface area contributed by atoms with E-state index in [2.05, 4.69) is 0 Å². The molecule has 0 aliphatic rings. The molecule has 21 heavy (non-hydrogen) atoms. The second-order valence-corrected chi connectivity index (χ2v) is 5.61. The molecule has 0 saturated carbocycles. The summed E-state index contributed by atoms with van der Waals surface area (Å²) in [5, 5.41) is 18.0. The van der Waals surface area contributed by atoms with Crippen LogP contribution in [0.4, 0.5) is 0 Å². The Morgan fingerprint density at radius 2 is 0.952 bits per heavy atom. The summed E-state index contributed by atoms with van der Waals surface area (Å²) < 4.78 is 22.0. The number of hydrogen-bond acceptors (Lipinski definition) is 6. The summed E-state index contributed by atoms with van der Waals surface area (Å²) in [4.78, 5) is 0. The molecule has 0 aromatic carbocycles. The SMILES string of the molecule is C[C@H](CO)OC[C@@H](C)OC[C@@H](C)OC[C@H](C)OC[C@@H](C)O. The lowest BCUT2D eigenvalue weighted by Crippen LogP contribution is -2.28. The smallest absolute Gasteiger partial charge is 0.0781 e. The second-order valence-electron chi connectivity index (χ2n) is 5.61. The topological polar surface area (TPSA) is 77.4 Å². The quantitative estimate of drug-likeness (QED) is 0.528. The summed E-state index contributed by atoms with van der Waals surface area (Å²) in [5.41, 5.74) is 0. The molecule has 0 aliphatic heterocycles. The van der Waals surface area contributed by atoms with Crippen molar-refractivity contribution in [3.63, 3.8) is 0 Å². The third kappa shape index (κ3) is 13.2. The third-order valence-corrected chi connectivity index (χ3v) is 2.73. The van der Waals surface area contributed by atoms with Gasteiger partial charge in [-0.05, 0) is 34.6 Å². The standard InChI is InChI=1S/C15H32O6/c1-11(17)7-18-13(3)9-20-15(5)10-21-14(4)8-19-12(2)6-16/h11-17H,6-10H2,1-5H3/t11-,12-,13+,14-,15-/m1/s1. The van der Waals surface area contributed by atoms with Gasteiger partial charge < -0.3 is 29.2 Å². The number of rotatable bonds is 13. The van der Waals surface area contributed by atoms with Crippen LogP contribution in [0.1, 0.15) is 34.6 Å². The zero-order chi connectivity index (χ0) is 16.3. The van der Waals surface area contributed by atoms with Crippen molar-refractivity contribution in [3.05, 3.63) is 0 Å². The van der Waals surface area contributed by atoms with Crippen molar-refractivity contribution in [2.45, 2.75) is 65.1 Å². The van der Waals surface area contributed by atoms with Gasteiger partial charge in [0, 0.05) is 0 Å². The first-order valence-electron chi connectivity index (χ1n) is 7.60. The van der Waals surface area contributed by atoms with Crippen LogP contribution in [0.3, 0.4) is 0 Å². The van der Waals surface area contributed by atoms with Crippen LogP contribution in [0.25, 0.3) is 0 Å². The Morgan fingerprint density at radius 3 is 1.29 bits per heavy atom. The van der Waals surface area contributed by atoms with Gasteiger partial charge in [0.25, 0.3) is 0 Å². The van der Waals surface area contributed by atoms with Crippen LogP contribution in [0.5, 0.6) is 0 Å². The molecule has 2 N–H and O–H groups in total. The third-order valence-electron chi connectivity index (χ3n) is 2.73. The van der Waals surface area contributed by atoms with Crippen molar-refractivity contribution >= 4 is 0 Å². The Kier molecular flexibility index (Phi) is 12.2. The number of hydrogen-bond donors (Lipinski definition) is 2. The molecule has 6 nitrogen and oxygen atoms in total. The molecule has 0 bridgehead atoms.